The van der Waals surface area contributed by atoms with E-state index in [0.717, 1.165) is 42.9 Å². The summed E-state index contributed by atoms with van der Waals surface area (Å²) in [5.41, 5.74) is 2.31. The number of piperidine rings is 1. The Labute approximate surface area is 186 Å². The standard InChI is InChI=1S/C18H19N7O.C4H8O2/c19-11-18-14(12-22-25(18)16-5-7-20-8-6-16)13-26-17-3-1-15(2-4-17)24-10-9-21-23-24;1-3(2)4(5)6/h1-4,9-10,12,16,20H,5-8,13H2;3H,1-2H3,(H,5,6). The van der Waals surface area contributed by atoms with E-state index < -0.39 is 5.97 Å². The molecule has 0 spiro atoms. The summed E-state index contributed by atoms with van der Waals surface area (Å²) in [4.78, 5) is 9.70. The van der Waals surface area contributed by atoms with Gasteiger partial charge in [0.15, 0.2) is 0 Å². The van der Waals surface area contributed by atoms with Crippen molar-refractivity contribution in [2.45, 2.75) is 39.3 Å². The molecule has 32 heavy (non-hydrogen) atoms. The minimum absolute atomic E-state index is 0.231. The van der Waals surface area contributed by atoms with Crippen molar-refractivity contribution in [2.24, 2.45) is 5.92 Å². The summed E-state index contributed by atoms with van der Waals surface area (Å²) >= 11 is 0. The smallest absolute Gasteiger partial charge is 0.305 e. The summed E-state index contributed by atoms with van der Waals surface area (Å²) < 4.78 is 9.38. The number of benzene rings is 1. The minimum atomic E-state index is -0.741. The maximum absolute atomic E-state index is 9.70. The number of aliphatic carboxylic acids is 1. The maximum Gasteiger partial charge on any atom is 0.305 e. The van der Waals surface area contributed by atoms with Crippen LogP contribution in [0.2, 0.25) is 0 Å². The van der Waals surface area contributed by atoms with Crippen LogP contribution >= 0.6 is 0 Å². The first-order chi connectivity index (χ1) is 15.5. The molecule has 1 aliphatic heterocycles. The second-order valence-electron chi connectivity index (χ2n) is 7.68. The number of hydrogen-bond donors (Lipinski definition) is 2. The molecule has 168 valence electrons. The van der Waals surface area contributed by atoms with E-state index in [-0.39, 0.29) is 12.0 Å². The molecule has 0 saturated carbocycles. The lowest BCUT2D eigenvalue weighted by molar-refractivity contribution is -0.140. The Hall–Kier alpha value is -3.71. The summed E-state index contributed by atoms with van der Waals surface area (Å²) in [6.07, 6.45) is 7.13. The molecule has 2 aromatic heterocycles. The molecule has 0 unspecified atom stereocenters. The van der Waals surface area contributed by atoms with Crippen LogP contribution in [0, 0.1) is 17.2 Å². The Morgan fingerprint density at radius 1 is 1.31 bits per heavy atom. The zero-order chi connectivity index (χ0) is 22.9. The topological polar surface area (TPSA) is 131 Å². The van der Waals surface area contributed by atoms with Gasteiger partial charge in [-0.05, 0) is 50.2 Å². The third-order valence-corrected chi connectivity index (χ3v) is 5.04. The van der Waals surface area contributed by atoms with E-state index in [4.69, 9.17) is 9.84 Å². The molecule has 4 rings (SSSR count). The molecule has 0 aliphatic carbocycles. The van der Waals surface area contributed by atoms with Crippen LogP contribution in [-0.4, -0.2) is 48.9 Å². The van der Waals surface area contributed by atoms with Gasteiger partial charge in [0, 0.05) is 5.56 Å². The number of nitriles is 1. The predicted molar refractivity (Wildman–Crippen MR) is 116 cm³/mol. The number of hydrogen-bond acceptors (Lipinski definition) is 7. The molecule has 2 N–H and O–H groups in total. The Kier molecular flexibility index (Phi) is 7.94. The van der Waals surface area contributed by atoms with Crippen molar-refractivity contribution in [1.82, 2.24) is 30.1 Å². The summed E-state index contributed by atoms with van der Waals surface area (Å²) in [7, 11) is 0. The van der Waals surface area contributed by atoms with Gasteiger partial charge in [-0.2, -0.15) is 10.4 Å². The van der Waals surface area contributed by atoms with Crippen molar-refractivity contribution in [3.8, 4) is 17.5 Å². The number of carboxylic acid groups (broad SMARTS) is 1. The molecule has 0 atom stereocenters. The molecule has 0 amide bonds. The van der Waals surface area contributed by atoms with E-state index in [0.29, 0.717) is 12.3 Å². The predicted octanol–water partition coefficient (Wildman–Crippen LogP) is 2.57. The summed E-state index contributed by atoms with van der Waals surface area (Å²) in [6, 6.07) is 10.1. The number of nitrogens with one attached hydrogen (secondary N) is 1. The van der Waals surface area contributed by atoms with Crippen LogP contribution in [0.3, 0.4) is 0 Å². The quantitative estimate of drug-likeness (QED) is 0.602. The fraction of sp³-hybridized carbons (Fsp3) is 0.409. The second kappa shape index (κ2) is 11.1. The molecule has 10 nitrogen and oxygen atoms in total. The fourth-order valence-electron chi connectivity index (χ4n) is 3.16. The zero-order valence-electron chi connectivity index (χ0n) is 18.2. The first kappa shape index (κ1) is 23.0. The maximum atomic E-state index is 9.70. The Morgan fingerprint density at radius 3 is 2.56 bits per heavy atom. The van der Waals surface area contributed by atoms with Crippen LogP contribution in [0.25, 0.3) is 5.69 Å². The van der Waals surface area contributed by atoms with Gasteiger partial charge in [0.05, 0.1) is 36.2 Å². The van der Waals surface area contributed by atoms with Crippen molar-refractivity contribution < 1.29 is 14.6 Å². The van der Waals surface area contributed by atoms with Gasteiger partial charge in [-0.15, -0.1) is 5.10 Å². The fourth-order valence-corrected chi connectivity index (χ4v) is 3.16. The lowest BCUT2D eigenvalue weighted by atomic mass is 10.1. The first-order valence-electron chi connectivity index (χ1n) is 10.5. The van der Waals surface area contributed by atoms with Crippen molar-refractivity contribution in [3.05, 3.63) is 54.1 Å². The average Bonchev–Trinajstić information content (AvgIpc) is 3.49. The van der Waals surface area contributed by atoms with E-state index in [1.54, 1.807) is 37.1 Å². The minimum Gasteiger partial charge on any atom is -0.489 e. The van der Waals surface area contributed by atoms with Crippen LogP contribution < -0.4 is 10.1 Å². The number of rotatable bonds is 6. The molecule has 1 fully saturated rings. The van der Waals surface area contributed by atoms with Gasteiger partial charge in [-0.1, -0.05) is 19.1 Å². The third-order valence-electron chi connectivity index (χ3n) is 5.04. The van der Waals surface area contributed by atoms with Crippen molar-refractivity contribution >= 4 is 5.97 Å². The second-order valence-corrected chi connectivity index (χ2v) is 7.68. The van der Waals surface area contributed by atoms with Crippen LogP contribution in [0.15, 0.2) is 42.9 Å². The first-order valence-corrected chi connectivity index (χ1v) is 10.5. The van der Waals surface area contributed by atoms with E-state index in [1.165, 1.54) is 0 Å². The molecule has 0 radical (unpaired) electrons. The lowest BCUT2D eigenvalue weighted by Crippen LogP contribution is -2.30. The van der Waals surface area contributed by atoms with E-state index >= 15 is 0 Å². The molecule has 1 aromatic carbocycles. The molecule has 10 heteroatoms. The molecule has 0 bridgehead atoms. The van der Waals surface area contributed by atoms with Crippen molar-refractivity contribution in [1.29, 1.82) is 5.26 Å². The third kappa shape index (κ3) is 5.92. The summed E-state index contributed by atoms with van der Waals surface area (Å²) in [6.45, 7) is 5.51. The zero-order valence-corrected chi connectivity index (χ0v) is 18.2. The van der Waals surface area contributed by atoms with Crippen molar-refractivity contribution in [3.63, 3.8) is 0 Å². The van der Waals surface area contributed by atoms with E-state index in [1.807, 2.05) is 28.9 Å². The van der Waals surface area contributed by atoms with E-state index in [9.17, 15) is 10.1 Å². The molecular weight excluding hydrogens is 410 g/mol. The monoisotopic (exact) mass is 437 g/mol. The van der Waals surface area contributed by atoms with E-state index in [2.05, 4.69) is 26.8 Å². The van der Waals surface area contributed by atoms with Gasteiger partial charge in [0.2, 0.25) is 0 Å². The molecule has 1 saturated heterocycles. The van der Waals surface area contributed by atoms with Gasteiger partial charge >= 0.3 is 5.97 Å². The lowest BCUT2D eigenvalue weighted by Gasteiger charge is -2.23. The highest BCUT2D eigenvalue weighted by atomic mass is 16.5. The average molecular weight is 438 g/mol. The Bertz CT molecular complexity index is 1030. The van der Waals surface area contributed by atoms with Crippen LogP contribution in [0.5, 0.6) is 5.75 Å². The van der Waals surface area contributed by atoms with Gasteiger partial charge in [-0.25, -0.2) is 4.68 Å². The highest BCUT2D eigenvalue weighted by Gasteiger charge is 2.21. The highest BCUT2D eigenvalue weighted by Crippen LogP contribution is 2.23. The summed E-state index contributed by atoms with van der Waals surface area (Å²) in [5.74, 6) is -0.243. The number of carboxylic acids is 1. The van der Waals surface area contributed by atoms with Crippen LogP contribution in [0.1, 0.15) is 44.0 Å². The van der Waals surface area contributed by atoms with Crippen LogP contribution in [-0.2, 0) is 11.4 Å². The SMILES string of the molecule is CC(C)C(=O)O.N#Cc1c(COc2ccc(-n3ccnn3)cc2)cnn1C1CCNCC1. The normalized spacial score (nSPS) is 13.8. The number of aromatic nitrogens is 5. The molecule has 1 aliphatic rings. The van der Waals surface area contributed by atoms with Gasteiger partial charge < -0.3 is 15.2 Å². The Balaban J connectivity index is 0.000000427. The Morgan fingerprint density at radius 2 is 2.00 bits per heavy atom. The van der Waals surface area contributed by atoms with Gasteiger partial charge in [-0.3, -0.25) is 9.48 Å². The molecule has 3 heterocycles. The number of carbonyl (C=O) groups is 1. The van der Waals surface area contributed by atoms with Crippen LogP contribution in [0.4, 0.5) is 0 Å². The van der Waals surface area contributed by atoms with Crippen molar-refractivity contribution in [2.75, 3.05) is 13.1 Å². The highest BCUT2D eigenvalue weighted by molar-refractivity contribution is 5.68. The molecular formula is C22H27N7O3. The largest absolute Gasteiger partial charge is 0.489 e. The number of nitrogens with zero attached hydrogens (tertiary/aromatic N) is 6. The van der Waals surface area contributed by atoms with Gasteiger partial charge in [0.1, 0.15) is 24.1 Å². The van der Waals surface area contributed by atoms with Gasteiger partial charge in [0.25, 0.3) is 0 Å². The number of ether oxygens (including phenoxy) is 1. The molecule has 3 aromatic rings. The summed E-state index contributed by atoms with van der Waals surface area (Å²) in [5, 5.41) is 33.1.